The van der Waals surface area contributed by atoms with Gasteiger partial charge in [0.1, 0.15) is 12.2 Å². The van der Waals surface area contributed by atoms with E-state index in [1.807, 2.05) is 4.90 Å². The Balaban J connectivity index is 1.63. The van der Waals surface area contributed by atoms with Gasteiger partial charge in [-0.1, -0.05) is 114 Å². The van der Waals surface area contributed by atoms with E-state index in [4.69, 9.17) is 27.5 Å². The first-order valence-corrected chi connectivity index (χ1v) is 34.5. The van der Waals surface area contributed by atoms with E-state index in [0.29, 0.717) is 24.9 Å². The molecule has 380 valence electrons. The van der Waals surface area contributed by atoms with Crippen LogP contribution in [0.5, 0.6) is 0 Å². The van der Waals surface area contributed by atoms with Crippen molar-refractivity contribution in [2.45, 2.75) is 251 Å². The fourth-order valence-electron chi connectivity index (χ4n) is 11.5. The fourth-order valence-corrected chi connectivity index (χ4v) is 20.6. The van der Waals surface area contributed by atoms with Crippen molar-refractivity contribution < 1.29 is 37.1 Å². The Morgan fingerprint density at radius 2 is 1.47 bits per heavy atom. The molecule has 13 heteroatoms. The second kappa shape index (κ2) is 25.5. The maximum atomic E-state index is 14.1. The van der Waals surface area contributed by atoms with Gasteiger partial charge in [0.15, 0.2) is 25.0 Å². The second-order valence-electron chi connectivity index (χ2n) is 21.3. The highest BCUT2D eigenvalue weighted by Gasteiger charge is 2.51. The zero-order valence-electron chi connectivity index (χ0n) is 44.9. The van der Waals surface area contributed by atoms with Gasteiger partial charge in [-0.25, -0.2) is 4.79 Å². The Morgan fingerprint density at radius 3 is 2.00 bits per heavy atom. The van der Waals surface area contributed by atoms with E-state index in [1.54, 1.807) is 0 Å². The highest BCUT2D eigenvalue weighted by molar-refractivity contribution is 6.74. The van der Waals surface area contributed by atoms with Gasteiger partial charge in [0, 0.05) is 49.5 Å². The standard InChI is InChI=1S/C53H98N2O8Si3/c1-17-46(62-65(21-5,22-6)23-7)42(14)51-48(58-51)36-53(15,63-66(24-8,25-9)26-10)33-27-28-40(12)50-41(13)30-32-47(59-52(57)55-38-43-34-44(55)37-54(43)16)39(11)29-31-45(35-49(56)60-50)61-64(18-2,19-3)20-4/h27-28,30,32-33,39,41-48,50-51H,17-26,29,31,34-38H2,1-16H3/t39?,41?,42?,43-,44-,45?,46?,47?,48?,50?,51?,53?/m0/s1. The largest absolute Gasteiger partial charge is 0.457 e. The quantitative estimate of drug-likeness (QED) is 0.0308. The minimum atomic E-state index is -2.04. The van der Waals surface area contributed by atoms with Crippen molar-refractivity contribution in [3.05, 3.63) is 36.0 Å². The lowest BCUT2D eigenvalue weighted by atomic mass is 9.91. The highest BCUT2D eigenvalue weighted by Crippen LogP contribution is 2.43. The normalized spacial score (nSPS) is 30.2. The van der Waals surface area contributed by atoms with Crippen molar-refractivity contribution in [1.82, 2.24) is 9.80 Å². The van der Waals surface area contributed by atoms with Gasteiger partial charge in [0.05, 0.1) is 30.3 Å². The maximum Gasteiger partial charge on any atom is 0.410 e. The van der Waals surface area contributed by atoms with E-state index in [0.717, 1.165) is 92.2 Å². The molecule has 10 unspecified atom stereocenters. The summed E-state index contributed by atoms with van der Waals surface area (Å²) >= 11 is 0. The van der Waals surface area contributed by atoms with Crippen molar-refractivity contribution in [3.63, 3.8) is 0 Å². The first-order valence-electron chi connectivity index (χ1n) is 26.9. The predicted octanol–water partition coefficient (Wildman–Crippen LogP) is 13.1. The first kappa shape index (κ1) is 57.0. The molecule has 3 fully saturated rings. The molecule has 0 aromatic carbocycles. The Labute approximate surface area is 407 Å². The molecule has 10 nitrogen and oxygen atoms in total. The number of ether oxygens (including phenoxy) is 3. The molecular weight excluding hydrogens is 877 g/mol. The van der Waals surface area contributed by atoms with Crippen LogP contribution in [-0.2, 0) is 32.3 Å². The second-order valence-corrected chi connectivity index (χ2v) is 35.5. The van der Waals surface area contributed by atoms with Crippen LogP contribution < -0.4 is 0 Å². The molecule has 0 saturated carbocycles. The molecule has 12 atom stereocenters. The highest BCUT2D eigenvalue weighted by atomic mass is 28.4. The number of rotatable bonds is 24. The molecule has 2 bridgehead atoms. The smallest absolute Gasteiger partial charge is 0.410 e. The number of hydrogen-bond donors (Lipinski definition) is 0. The van der Waals surface area contributed by atoms with Crippen molar-refractivity contribution in [3.8, 4) is 0 Å². The van der Waals surface area contributed by atoms with Crippen LogP contribution in [0.4, 0.5) is 4.79 Å². The predicted molar refractivity (Wildman–Crippen MR) is 279 cm³/mol. The zero-order chi connectivity index (χ0) is 49.0. The van der Waals surface area contributed by atoms with E-state index < -0.39 is 42.8 Å². The molecule has 0 spiro atoms. The van der Waals surface area contributed by atoms with Crippen LogP contribution in [0.3, 0.4) is 0 Å². The van der Waals surface area contributed by atoms with Gasteiger partial charge in [0.2, 0.25) is 0 Å². The van der Waals surface area contributed by atoms with Gasteiger partial charge in [-0.3, -0.25) is 9.69 Å². The van der Waals surface area contributed by atoms with Gasteiger partial charge in [0.25, 0.3) is 0 Å². The molecular formula is C53H98N2O8Si3. The number of esters is 1. The maximum absolute atomic E-state index is 14.1. The number of nitrogens with zero attached hydrogens (tertiary/aromatic N) is 2. The molecule has 4 aliphatic heterocycles. The Morgan fingerprint density at radius 1 is 0.864 bits per heavy atom. The van der Waals surface area contributed by atoms with Gasteiger partial charge >= 0.3 is 12.1 Å². The van der Waals surface area contributed by atoms with Crippen molar-refractivity contribution in [1.29, 1.82) is 0 Å². The number of amides is 1. The molecule has 4 aliphatic rings. The number of likely N-dealkylation sites (tertiary alicyclic amines) is 2. The van der Waals surface area contributed by atoms with Gasteiger partial charge in [-0.2, -0.15) is 0 Å². The van der Waals surface area contributed by atoms with Crippen molar-refractivity contribution >= 4 is 37.0 Å². The molecule has 4 rings (SSSR count). The third-order valence-corrected chi connectivity index (χ3v) is 31.4. The minimum Gasteiger partial charge on any atom is -0.457 e. The summed E-state index contributed by atoms with van der Waals surface area (Å²) in [5.41, 5.74) is 0.413. The Kier molecular flexibility index (Phi) is 22.0. The van der Waals surface area contributed by atoms with Crippen molar-refractivity contribution in [2.75, 3.05) is 20.1 Å². The number of carbonyl (C=O) groups is 2. The van der Waals surface area contributed by atoms with Crippen LogP contribution in [0.25, 0.3) is 0 Å². The van der Waals surface area contributed by atoms with Crippen LogP contribution in [0.2, 0.25) is 54.4 Å². The molecule has 66 heavy (non-hydrogen) atoms. The van der Waals surface area contributed by atoms with E-state index >= 15 is 0 Å². The SMILES string of the molecule is CCC(O[Si](CC)(CC)CC)C(C)C1OC1CC(C)(C=CC=C(C)C1OC(=O)CC(O[Si](CC)(CC)CC)CCC(C)C(OC(=O)N2C[C@@H]3C[C@H]2CN3C)C=CC1C)O[Si](CC)(CC)CC. The van der Waals surface area contributed by atoms with Crippen LogP contribution in [0, 0.1) is 17.8 Å². The number of hydrogen-bond acceptors (Lipinski definition) is 9. The monoisotopic (exact) mass is 975 g/mol. The summed E-state index contributed by atoms with van der Waals surface area (Å²) in [5, 5.41) is 0. The Bertz CT molecular complexity index is 1590. The number of cyclic esters (lactones) is 1. The minimum absolute atomic E-state index is 0.0425. The molecule has 3 saturated heterocycles. The average Bonchev–Trinajstić information content (AvgIpc) is 3.79. The van der Waals surface area contributed by atoms with E-state index in [9.17, 15) is 9.59 Å². The number of allylic oxidation sites excluding steroid dienone is 2. The topological polar surface area (TPSA) is 99.3 Å². The summed E-state index contributed by atoms with van der Waals surface area (Å²) in [6.45, 7) is 35.3. The number of carbonyl (C=O) groups excluding carboxylic acids is 2. The molecule has 0 radical (unpaired) electrons. The third-order valence-electron chi connectivity index (χ3n) is 17.3. The molecule has 0 aliphatic carbocycles. The summed E-state index contributed by atoms with van der Waals surface area (Å²) in [4.78, 5) is 32.2. The lowest BCUT2D eigenvalue weighted by molar-refractivity contribution is -0.150. The molecule has 0 aromatic rings. The van der Waals surface area contributed by atoms with Crippen molar-refractivity contribution in [2.24, 2.45) is 17.8 Å². The molecule has 4 heterocycles. The summed E-state index contributed by atoms with van der Waals surface area (Å²) in [7, 11) is -3.68. The number of fused-ring (bicyclic) bond motifs is 2. The average molecular weight is 976 g/mol. The molecule has 0 aromatic heterocycles. The van der Waals surface area contributed by atoms with E-state index in [-0.39, 0.29) is 60.8 Å². The Hall–Kier alpha value is -1.59. The fraction of sp³-hybridized carbons (Fsp3) is 0.849. The lowest BCUT2D eigenvalue weighted by Gasteiger charge is -2.39. The molecule has 0 N–H and O–H groups in total. The summed E-state index contributed by atoms with van der Waals surface area (Å²) in [6.07, 6.45) is 14.1. The summed E-state index contributed by atoms with van der Waals surface area (Å²) in [5.74, 6) is -0.0541. The summed E-state index contributed by atoms with van der Waals surface area (Å²) in [6, 6.07) is 10.2. The van der Waals surface area contributed by atoms with E-state index in [1.165, 1.54) is 0 Å². The molecule has 1 amide bonds. The van der Waals surface area contributed by atoms with Gasteiger partial charge < -0.3 is 32.4 Å². The number of epoxide rings is 1. The lowest BCUT2D eigenvalue weighted by Crippen LogP contribution is -2.48. The van der Waals surface area contributed by atoms with Gasteiger partial charge in [-0.05, 0) is 119 Å². The zero-order valence-corrected chi connectivity index (χ0v) is 47.9. The number of likely N-dealkylation sites (N-methyl/N-ethyl adjacent to an activating group) is 1. The van der Waals surface area contributed by atoms with Crippen LogP contribution in [0.15, 0.2) is 36.0 Å². The number of piperazine rings is 1. The van der Waals surface area contributed by atoms with Gasteiger partial charge in [-0.15, -0.1) is 0 Å². The van der Waals surface area contributed by atoms with E-state index in [2.05, 4.69) is 146 Å². The van der Waals surface area contributed by atoms with Crippen LogP contribution in [0.1, 0.15) is 142 Å². The third kappa shape index (κ3) is 14.5. The van der Waals surface area contributed by atoms with Crippen LogP contribution in [-0.4, -0.2) is 121 Å². The summed E-state index contributed by atoms with van der Waals surface area (Å²) < 4.78 is 41.0. The first-order chi connectivity index (χ1) is 31.3. The van der Waals surface area contributed by atoms with Crippen LogP contribution >= 0.6 is 0 Å².